The molecule has 2 rings (SSSR count). The van der Waals surface area contributed by atoms with Gasteiger partial charge in [-0.2, -0.15) is 0 Å². The lowest BCUT2D eigenvalue weighted by atomic mass is 10.1. The molecular weight excluding hydrogens is 369 g/mol. The number of alkyl halides is 1. The lowest BCUT2D eigenvalue weighted by Gasteiger charge is -2.21. The number of anilines is 1. The Kier molecular flexibility index (Phi) is 4.16. The van der Waals surface area contributed by atoms with Gasteiger partial charge in [-0.05, 0) is 46.5 Å². The average molecular weight is 381 g/mol. The van der Waals surface area contributed by atoms with Crippen LogP contribution in [0.5, 0.6) is 0 Å². The van der Waals surface area contributed by atoms with E-state index in [9.17, 15) is 4.79 Å². The van der Waals surface area contributed by atoms with Crippen molar-refractivity contribution in [2.75, 3.05) is 16.8 Å². The van der Waals surface area contributed by atoms with E-state index in [-0.39, 0.29) is 5.91 Å². The Labute approximate surface area is 123 Å². The highest BCUT2D eigenvalue weighted by Crippen LogP contribution is 2.36. The maximum absolute atomic E-state index is 12.0. The van der Waals surface area contributed by atoms with Gasteiger partial charge in [0.15, 0.2) is 0 Å². The lowest BCUT2D eigenvalue weighted by Crippen LogP contribution is -2.25. The van der Waals surface area contributed by atoms with E-state index in [1.54, 1.807) is 0 Å². The van der Waals surface area contributed by atoms with Crippen LogP contribution in [-0.4, -0.2) is 17.8 Å². The molecular formula is C12H12Br2ClNO. The molecule has 17 heavy (non-hydrogen) atoms. The molecule has 0 spiro atoms. The summed E-state index contributed by atoms with van der Waals surface area (Å²) < 4.78 is 0.881. The predicted molar refractivity (Wildman–Crippen MR) is 78.1 cm³/mol. The Hall–Kier alpha value is -0.0600. The quantitative estimate of drug-likeness (QED) is 0.705. The number of halogens is 3. The van der Waals surface area contributed by atoms with Gasteiger partial charge < -0.3 is 4.90 Å². The molecule has 0 aliphatic carbocycles. The highest BCUT2D eigenvalue weighted by Gasteiger charge is 2.31. The Morgan fingerprint density at radius 3 is 2.76 bits per heavy atom. The minimum Gasteiger partial charge on any atom is -0.311 e. The van der Waals surface area contributed by atoms with E-state index in [4.69, 9.17) is 11.6 Å². The fourth-order valence-electron chi connectivity index (χ4n) is 2.14. The summed E-state index contributed by atoms with van der Waals surface area (Å²) >= 11 is 12.9. The largest absolute Gasteiger partial charge is 0.311 e. The number of aryl methyl sites for hydroxylation is 1. The fraction of sp³-hybridized carbons (Fsp3) is 0.417. The second-order valence-corrected chi connectivity index (χ2v) is 6.22. The first-order valence-corrected chi connectivity index (χ1v) is 7.64. The van der Waals surface area contributed by atoms with Crippen molar-refractivity contribution in [3.05, 3.63) is 27.2 Å². The standard InChI is InChI=1S/C12H12Br2ClNO/c1-7-2-9(15)4-10(14)12(7)16-6-8(5-13)3-11(16)17/h2,4,8H,3,5-6H2,1H3. The number of hydrogen-bond acceptors (Lipinski definition) is 1. The molecule has 0 aromatic heterocycles. The SMILES string of the molecule is Cc1cc(Cl)cc(Br)c1N1CC(CBr)CC1=O. The lowest BCUT2D eigenvalue weighted by molar-refractivity contribution is -0.117. The van der Waals surface area contributed by atoms with E-state index in [0.717, 1.165) is 27.6 Å². The van der Waals surface area contributed by atoms with Gasteiger partial charge in [0.25, 0.3) is 0 Å². The van der Waals surface area contributed by atoms with Crippen molar-refractivity contribution in [2.24, 2.45) is 5.92 Å². The highest BCUT2D eigenvalue weighted by atomic mass is 79.9. The van der Waals surface area contributed by atoms with Crippen LogP contribution in [0.2, 0.25) is 5.02 Å². The maximum atomic E-state index is 12.0. The molecule has 92 valence electrons. The molecule has 0 N–H and O–H groups in total. The number of nitrogens with zero attached hydrogens (tertiary/aromatic N) is 1. The molecule has 0 bridgehead atoms. The first kappa shape index (κ1) is 13.4. The number of benzene rings is 1. The van der Waals surface area contributed by atoms with Gasteiger partial charge in [-0.3, -0.25) is 4.79 Å². The van der Waals surface area contributed by atoms with Gasteiger partial charge in [0.2, 0.25) is 5.91 Å². The zero-order chi connectivity index (χ0) is 12.6. The van der Waals surface area contributed by atoms with Crippen LogP contribution in [-0.2, 0) is 4.79 Å². The van der Waals surface area contributed by atoms with Gasteiger partial charge in [0.05, 0.1) is 5.69 Å². The molecule has 1 aliphatic heterocycles. The third-order valence-electron chi connectivity index (χ3n) is 2.91. The number of hydrogen-bond donors (Lipinski definition) is 0. The van der Waals surface area contributed by atoms with Crippen LogP contribution in [0.1, 0.15) is 12.0 Å². The fourth-order valence-corrected chi connectivity index (χ4v) is 3.75. The summed E-state index contributed by atoms with van der Waals surface area (Å²) in [6.07, 6.45) is 0.611. The summed E-state index contributed by atoms with van der Waals surface area (Å²) in [5.41, 5.74) is 1.97. The van der Waals surface area contributed by atoms with Crippen LogP contribution in [0, 0.1) is 12.8 Å². The summed E-state index contributed by atoms with van der Waals surface area (Å²) in [4.78, 5) is 13.8. The molecule has 1 heterocycles. The summed E-state index contributed by atoms with van der Waals surface area (Å²) in [7, 11) is 0. The monoisotopic (exact) mass is 379 g/mol. The normalized spacial score (nSPS) is 20.1. The van der Waals surface area contributed by atoms with Gasteiger partial charge in [-0.25, -0.2) is 0 Å². The topological polar surface area (TPSA) is 20.3 Å². The van der Waals surface area contributed by atoms with Crippen molar-refractivity contribution >= 4 is 55.1 Å². The van der Waals surface area contributed by atoms with Gasteiger partial charge in [0.1, 0.15) is 0 Å². The smallest absolute Gasteiger partial charge is 0.227 e. The van der Waals surface area contributed by atoms with Gasteiger partial charge >= 0.3 is 0 Å². The molecule has 1 fully saturated rings. The van der Waals surface area contributed by atoms with E-state index < -0.39 is 0 Å². The van der Waals surface area contributed by atoms with Crippen molar-refractivity contribution < 1.29 is 4.79 Å². The van der Waals surface area contributed by atoms with E-state index in [0.29, 0.717) is 17.4 Å². The van der Waals surface area contributed by atoms with E-state index in [2.05, 4.69) is 31.9 Å². The number of amides is 1. The van der Waals surface area contributed by atoms with Crippen molar-refractivity contribution in [1.29, 1.82) is 0 Å². The van der Waals surface area contributed by atoms with Crippen molar-refractivity contribution in [2.45, 2.75) is 13.3 Å². The Morgan fingerprint density at radius 2 is 2.24 bits per heavy atom. The Morgan fingerprint density at radius 1 is 1.53 bits per heavy atom. The molecule has 1 saturated heterocycles. The molecule has 2 nitrogen and oxygen atoms in total. The summed E-state index contributed by atoms with van der Waals surface area (Å²) in [5, 5.41) is 1.54. The third-order valence-corrected chi connectivity index (χ3v) is 4.65. The molecule has 1 aromatic carbocycles. The van der Waals surface area contributed by atoms with Crippen LogP contribution in [0.25, 0.3) is 0 Å². The van der Waals surface area contributed by atoms with Crippen molar-refractivity contribution in [3.8, 4) is 0 Å². The van der Waals surface area contributed by atoms with E-state index in [1.165, 1.54) is 0 Å². The molecule has 1 aromatic rings. The Bertz CT molecular complexity index is 441. The molecule has 1 atom stereocenters. The van der Waals surface area contributed by atoms with Crippen LogP contribution >= 0.6 is 43.5 Å². The first-order valence-electron chi connectivity index (χ1n) is 5.35. The van der Waals surface area contributed by atoms with E-state index in [1.807, 2.05) is 24.0 Å². The molecule has 0 saturated carbocycles. The maximum Gasteiger partial charge on any atom is 0.227 e. The highest BCUT2D eigenvalue weighted by molar-refractivity contribution is 9.10. The first-order chi connectivity index (χ1) is 8.02. The molecule has 1 unspecified atom stereocenters. The second kappa shape index (κ2) is 5.29. The zero-order valence-corrected chi connectivity index (χ0v) is 13.3. The zero-order valence-electron chi connectivity index (χ0n) is 9.34. The van der Waals surface area contributed by atoms with Crippen LogP contribution in [0.4, 0.5) is 5.69 Å². The number of carbonyl (C=O) groups is 1. The molecule has 1 aliphatic rings. The van der Waals surface area contributed by atoms with Crippen molar-refractivity contribution in [1.82, 2.24) is 0 Å². The average Bonchev–Trinajstić information content (AvgIpc) is 2.59. The van der Waals surface area contributed by atoms with Gasteiger partial charge in [0, 0.05) is 27.8 Å². The van der Waals surface area contributed by atoms with Gasteiger partial charge in [-0.15, -0.1) is 0 Å². The number of rotatable bonds is 2. The summed E-state index contributed by atoms with van der Waals surface area (Å²) in [6.45, 7) is 2.74. The molecule has 5 heteroatoms. The minimum absolute atomic E-state index is 0.181. The van der Waals surface area contributed by atoms with Crippen LogP contribution < -0.4 is 4.90 Å². The number of carbonyl (C=O) groups excluding carboxylic acids is 1. The van der Waals surface area contributed by atoms with E-state index >= 15 is 0 Å². The summed E-state index contributed by atoms with van der Waals surface area (Å²) in [5.74, 6) is 0.574. The third kappa shape index (κ3) is 2.69. The second-order valence-electron chi connectivity index (χ2n) is 4.28. The van der Waals surface area contributed by atoms with Gasteiger partial charge in [-0.1, -0.05) is 27.5 Å². The summed E-state index contributed by atoms with van der Waals surface area (Å²) in [6, 6.07) is 3.72. The van der Waals surface area contributed by atoms with Crippen molar-refractivity contribution in [3.63, 3.8) is 0 Å². The van der Waals surface area contributed by atoms with Crippen LogP contribution in [0.15, 0.2) is 16.6 Å². The molecule has 1 amide bonds. The minimum atomic E-state index is 0.181. The van der Waals surface area contributed by atoms with Crippen LogP contribution in [0.3, 0.4) is 0 Å². The molecule has 0 radical (unpaired) electrons. The predicted octanol–water partition coefficient (Wildman–Crippen LogP) is 4.16. The Balaban J connectivity index is 2.38.